The molecule has 0 aliphatic rings. The first kappa shape index (κ1) is 33.5. The minimum absolute atomic E-state index is 0.0837. The molecule has 2 nitrogen and oxygen atoms in total. The van der Waals surface area contributed by atoms with Gasteiger partial charge in [-0.3, -0.25) is 0 Å². The van der Waals surface area contributed by atoms with Crippen molar-refractivity contribution in [3.63, 3.8) is 0 Å². The minimum Gasteiger partial charge on any atom is -0.432 e. The van der Waals surface area contributed by atoms with Gasteiger partial charge in [-0.2, -0.15) is 17.6 Å². The molecule has 10 heteroatoms. The summed E-state index contributed by atoms with van der Waals surface area (Å²) in [5.74, 6) is -5.94. The highest BCUT2D eigenvalue weighted by atomic mass is 19.3. The summed E-state index contributed by atoms with van der Waals surface area (Å²) in [5, 5.41) is 0. The Bertz CT molecular complexity index is 1850. The molecule has 0 atom stereocenters. The molecule has 244 valence electrons. The van der Waals surface area contributed by atoms with Gasteiger partial charge in [-0.05, 0) is 77.1 Å². The average Bonchev–Trinajstić information content (AvgIpc) is 3.02. The molecule has 0 saturated carbocycles. The lowest BCUT2D eigenvalue weighted by atomic mass is 9.96. The molecule has 0 unspecified atom stereocenters. The summed E-state index contributed by atoms with van der Waals surface area (Å²) in [4.78, 5) is 0. The second kappa shape index (κ2) is 14.3. The Labute approximate surface area is 266 Å². The lowest BCUT2D eigenvalue weighted by molar-refractivity contribution is -0.187. The first-order valence-electron chi connectivity index (χ1n) is 14.8. The second-order valence-corrected chi connectivity index (χ2v) is 10.8. The lowest BCUT2D eigenvalue weighted by Crippen LogP contribution is -2.23. The molecular formula is C37H28F8O2. The number of unbranched alkanes of at least 4 members (excludes halogenated alkanes) is 2. The molecule has 47 heavy (non-hydrogen) atoms. The Morgan fingerprint density at radius 1 is 0.596 bits per heavy atom. The maximum absolute atomic E-state index is 15.2. The fourth-order valence-corrected chi connectivity index (χ4v) is 5.15. The van der Waals surface area contributed by atoms with Crippen molar-refractivity contribution in [2.24, 2.45) is 0 Å². The smallest absolute Gasteiger partial charge is 0.429 e. The Hall–Kier alpha value is -4.86. The number of ether oxygens (including phenoxy) is 2. The number of rotatable bonds is 12. The molecule has 0 amide bonds. The third kappa shape index (κ3) is 7.93. The van der Waals surface area contributed by atoms with Crippen molar-refractivity contribution in [1.29, 1.82) is 0 Å². The van der Waals surface area contributed by atoms with Gasteiger partial charge >= 0.3 is 12.7 Å². The van der Waals surface area contributed by atoms with Crippen molar-refractivity contribution in [1.82, 2.24) is 0 Å². The molecule has 0 saturated heterocycles. The Kier molecular flexibility index (Phi) is 10.2. The molecule has 0 N–H and O–H groups in total. The van der Waals surface area contributed by atoms with Gasteiger partial charge in [0, 0.05) is 17.2 Å². The zero-order valence-electron chi connectivity index (χ0n) is 25.0. The highest BCUT2D eigenvalue weighted by molar-refractivity contribution is 5.74. The van der Waals surface area contributed by atoms with Gasteiger partial charge in [0.25, 0.3) is 0 Å². The topological polar surface area (TPSA) is 18.5 Å². The SMILES string of the molecule is CCCCCc1ccc(-c2ccc(-c3ccc(-c4ccc(C(F)(F)Oc5ccc(OC(F)F)c(F)c5)c(F)c4)c(F)c3)c(F)c2)cc1. The van der Waals surface area contributed by atoms with Crippen LogP contribution in [0.2, 0.25) is 0 Å². The molecule has 0 radical (unpaired) electrons. The average molecular weight is 657 g/mol. The number of alkyl halides is 4. The normalized spacial score (nSPS) is 11.6. The van der Waals surface area contributed by atoms with Gasteiger partial charge in [0.05, 0.1) is 5.56 Å². The van der Waals surface area contributed by atoms with Crippen LogP contribution in [0, 0.1) is 23.3 Å². The summed E-state index contributed by atoms with van der Waals surface area (Å²) >= 11 is 0. The number of halogens is 8. The van der Waals surface area contributed by atoms with Crippen molar-refractivity contribution in [2.75, 3.05) is 0 Å². The highest BCUT2D eigenvalue weighted by Crippen LogP contribution is 2.37. The van der Waals surface area contributed by atoms with Gasteiger partial charge in [0.1, 0.15) is 23.2 Å². The van der Waals surface area contributed by atoms with Crippen molar-refractivity contribution < 1.29 is 44.6 Å². The third-order valence-corrected chi connectivity index (χ3v) is 7.56. The van der Waals surface area contributed by atoms with Crippen LogP contribution in [0.5, 0.6) is 11.5 Å². The predicted octanol–water partition coefficient (Wildman–Crippen LogP) is 11.7. The van der Waals surface area contributed by atoms with E-state index in [4.69, 9.17) is 0 Å². The number of hydrogen-bond acceptors (Lipinski definition) is 2. The van der Waals surface area contributed by atoms with E-state index in [2.05, 4.69) is 16.4 Å². The maximum Gasteiger partial charge on any atom is 0.429 e. The van der Waals surface area contributed by atoms with Crippen LogP contribution in [0.15, 0.2) is 97.1 Å². The molecule has 0 aromatic heterocycles. The van der Waals surface area contributed by atoms with Crippen LogP contribution in [0.1, 0.15) is 37.3 Å². The van der Waals surface area contributed by atoms with Crippen LogP contribution in [-0.4, -0.2) is 6.61 Å². The monoisotopic (exact) mass is 656 g/mol. The summed E-state index contributed by atoms with van der Waals surface area (Å²) < 4.78 is 122. The van der Waals surface area contributed by atoms with Crippen LogP contribution >= 0.6 is 0 Å². The molecule has 5 aromatic carbocycles. The summed E-state index contributed by atoms with van der Waals surface area (Å²) in [7, 11) is 0. The maximum atomic E-state index is 15.2. The van der Waals surface area contributed by atoms with E-state index in [9.17, 15) is 26.3 Å². The Balaban J connectivity index is 1.32. The predicted molar refractivity (Wildman–Crippen MR) is 163 cm³/mol. The molecule has 5 aromatic rings. The van der Waals surface area contributed by atoms with Crippen LogP contribution in [0.25, 0.3) is 33.4 Å². The van der Waals surface area contributed by atoms with Crippen molar-refractivity contribution in [2.45, 2.75) is 45.3 Å². The first-order chi connectivity index (χ1) is 22.4. The van der Waals surface area contributed by atoms with Gasteiger partial charge < -0.3 is 9.47 Å². The fourth-order valence-electron chi connectivity index (χ4n) is 5.15. The van der Waals surface area contributed by atoms with E-state index in [1.165, 1.54) is 29.8 Å². The van der Waals surface area contributed by atoms with Gasteiger partial charge in [0.15, 0.2) is 11.6 Å². The molecule has 0 aliphatic carbocycles. The second-order valence-electron chi connectivity index (χ2n) is 10.8. The first-order valence-corrected chi connectivity index (χ1v) is 14.8. The van der Waals surface area contributed by atoms with Gasteiger partial charge in [0.2, 0.25) is 0 Å². The highest BCUT2D eigenvalue weighted by Gasteiger charge is 2.38. The molecule has 0 spiro atoms. The van der Waals surface area contributed by atoms with Gasteiger partial charge in [-0.1, -0.05) is 74.4 Å². The summed E-state index contributed by atoms with van der Waals surface area (Å²) in [5.41, 5.74) is 1.60. The van der Waals surface area contributed by atoms with E-state index in [0.29, 0.717) is 29.8 Å². The Morgan fingerprint density at radius 2 is 1.17 bits per heavy atom. The molecule has 0 bridgehead atoms. The molecule has 0 aliphatic heterocycles. The van der Waals surface area contributed by atoms with Gasteiger partial charge in [-0.15, -0.1) is 0 Å². The van der Waals surface area contributed by atoms with E-state index in [0.717, 1.165) is 49.4 Å². The molecule has 5 rings (SSSR count). The largest absolute Gasteiger partial charge is 0.432 e. The lowest BCUT2D eigenvalue weighted by Gasteiger charge is -2.20. The summed E-state index contributed by atoms with van der Waals surface area (Å²) in [6.07, 6.45) is 0.0510. The third-order valence-electron chi connectivity index (χ3n) is 7.56. The fraction of sp³-hybridized carbons (Fsp3) is 0.189. The van der Waals surface area contributed by atoms with Crippen molar-refractivity contribution >= 4 is 0 Å². The van der Waals surface area contributed by atoms with Crippen LogP contribution in [-0.2, 0) is 12.5 Å². The zero-order chi connectivity index (χ0) is 33.7. The molecular weight excluding hydrogens is 628 g/mol. The zero-order valence-corrected chi connectivity index (χ0v) is 25.0. The summed E-state index contributed by atoms with van der Waals surface area (Å²) in [6, 6.07) is 20.5. The van der Waals surface area contributed by atoms with E-state index in [1.807, 2.05) is 24.3 Å². The van der Waals surface area contributed by atoms with E-state index in [-0.39, 0.29) is 22.3 Å². The minimum atomic E-state index is -4.32. The van der Waals surface area contributed by atoms with E-state index < -0.39 is 53.1 Å². The molecule has 0 heterocycles. The van der Waals surface area contributed by atoms with Crippen molar-refractivity contribution in [3.8, 4) is 44.9 Å². The quantitative estimate of drug-likeness (QED) is 0.0983. The number of aryl methyl sites for hydroxylation is 1. The van der Waals surface area contributed by atoms with Crippen LogP contribution < -0.4 is 9.47 Å². The summed E-state index contributed by atoms with van der Waals surface area (Å²) in [6.45, 7) is -1.20. The standard InChI is InChI=1S/C37H28F8O2/c1-2-3-4-5-22-6-8-23(9-7-22)24-10-14-28(31(38)18-24)25-11-15-29(32(39)19-25)26-12-16-30(33(40)20-26)37(44,45)47-27-13-17-35(34(41)21-27)46-36(42)43/h6-21,36H,2-5H2,1H3. The number of benzene rings is 5. The Morgan fingerprint density at radius 3 is 1.74 bits per heavy atom. The van der Waals surface area contributed by atoms with E-state index in [1.54, 1.807) is 6.07 Å². The van der Waals surface area contributed by atoms with Crippen LogP contribution in [0.3, 0.4) is 0 Å². The van der Waals surface area contributed by atoms with Gasteiger partial charge in [-0.25, -0.2) is 17.6 Å². The van der Waals surface area contributed by atoms with E-state index >= 15 is 8.78 Å². The molecule has 0 fully saturated rings. The van der Waals surface area contributed by atoms with Crippen molar-refractivity contribution in [3.05, 3.63) is 131 Å². The van der Waals surface area contributed by atoms with Crippen LogP contribution in [0.4, 0.5) is 35.1 Å². The number of hydrogen-bond donors (Lipinski definition) is 0.